The Bertz CT molecular complexity index is 1150. The molecule has 0 fully saturated rings. The highest BCUT2D eigenvalue weighted by Gasteiger charge is 2.34. The quantitative estimate of drug-likeness (QED) is 0.338. The molecule has 3 heterocycles. The molecule has 9 heteroatoms. The highest BCUT2D eigenvalue weighted by Crippen LogP contribution is 2.38. The molecule has 0 saturated carbocycles. The van der Waals surface area contributed by atoms with Gasteiger partial charge in [0.1, 0.15) is 23.2 Å². The molecular formula is C30H41NO8. The van der Waals surface area contributed by atoms with E-state index in [9.17, 15) is 19.5 Å². The van der Waals surface area contributed by atoms with Gasteiger partial charge < -0.3 is 23.7 Å². The standard InChI is InChI=1S/C30H41NO8/c1-6-9-27(33)37-19(3)14-18(2)20(4)24(38-21(5)32)12-7-10-23-17-36-26-15-25(22-11-8-13-31-16-22)39-30(35)28(26)29(23)34/h8,11,13,15-16,18-20,23-24,29,34H,6-7,9-10,12,14,17H2,1-5H3/t18?,19-,20-,23?,24+,29-/m1/s1. The summed E-state index contributed by atoms with van der Waals surface area (Å²) in [6, 6.07) is 5.14. The molecule has 1 aliphatic rings. The van der Waals surface area contributed by atoms with Crippen molar-refractivity contribution in [3.8, 4) is 17.1 Å². The number of carbonyl (C=O) groups excluding carboxylic acids is 2. The van der Waals surface area contributed by atoms with Crippen LogP contribution in [0.25, 0.3) is 11.3 Å². The SMILES string of the molecule is CCCC(=O)O[C@H](C)CC(C)[C@@H](C)[C@H](CCCC1COc2cc(-c3cccnc3)oc(=O)c2[C@@H]1O)OC(C)=O. The summed E-state index contributed by atoms with van der Waals surface area (Å²) in [5.74, 6) is -0.00665. The molecule has 214 valence electrons. The Hall–Kier alpha value is -3.20. The maximum absolute atomic E-state index is 12.8. The van der Waals surface area contributed by atoms with Gasteiger partial charge in [-0.3, -0.25) is 14.6 Å². The molecule has 2 aromatic rings. The van der Waals surface area contributed by atoms with E-state index in [0.717, 1.165) is 6.42 Å². The number of aromatic nitrogens is 1. The smallest absolute Gasteiger partial charge is 0.345 e. The summed E-state index contributed by atoms with van der Waals surface area (Å²) in [5.41, 5.74) is 0.146. The fourth-order valence-electron chi connectivity index (χ4n) is 5.15. The molecule has 0 amide bonds. The normalized spacial score (nSPS) is 19.6. The molecule has 0 radical (unpaired) electrons. The maximum Gasteiger partial charge on any atom is 0.345 e. The van der Waals surface area contributed by atoms with Crippen LogP contribution in [0.15, 0.2) is 39.8 Å². The molecule has 1 N–H and O–H groups in total. The van der Waals surface area contributed by atoms with Crippen molar-refractivity contribution in [2.75, 3.05) is 6.61 Å². The van der Waals surface area contributed by atoms with Crippen LogP contribution in [0.1, 0.15) is 84.8 Å². The maximum atomic E-state index is 12.8. The summed E-state index contributed by atoms with van der Waals surface area (Å²) in [6.45, 7) is 9.59. The monoisotopic (exact) mass is 543 g/mol. The van der Waals surface area contributed by atoms with Gasteiger partial charge in [-0.15, -0.1) is 0 Å². The van der Waals surface area contributed by atoms with Crippen molar-refractivity contribution in [1.29, 1.82) is 0 Å². The number of nitrogens with zero attached hydrogens (tertiary/aromatic N) is 1. The van der Waals surface area contributed by atoms with Gasteiger partial charge in [0.2, 0.25) is 0 Å². The number of hydrogen-bond acceptors (Lipinski definition) is 9. The second-order valence-electron chi connectivity index (χ2n) is 10.6. The van der Waals surface area contributed by atoms with E-state index in [2.05, 4.69) is 11.9 Å². The Morgan fingerprint density at radius 2 is 2.00 bits per heavy atom. The Balaban J connectivity index is 1.59. The first-order valence-corrected chi connectivity index (χ1v) is 13.9. The van der Waals surface area contributed by atoms with E-state index in [4.69, 9.17) is 18.6 Å². The predicted molar refractivity (Wildman–Crippen MR) is 145 cm³/mol. The minimum absolute atomic E-state index is 0.0347. The van der Waals surface area contributed by atoms with Crippen molar-refractivity contribution in [3.63, 3.8) is 0 Å². The van der Waals surface area contributed by atoms with Crippen LogP contribution >= 0.6 is 0 Å². The average Bonchev–Trinajstić information content (AvgIpc) is 2.88. The highest BCUT2D eigenvalue weighted by atomic mass is 16.5. The van der Waals surface area contributed by atoms with Gasteiger partial charge in [0.15, 0.2) is 0 Å². The van der Waals surface area contributed by atoms with Crippen LogP contribution in [0.2, 0.25) is 0 Å². The van der Waals surface area contributed by atoms with Gasteiger partial charge in [-0.1, -0.05) is 20.8 Å². The lowest BCUT2D eigenvalue weighted by Crippen LogP contribution is -2.32. The number of aliphatic hydroxyl groups excluding tert-OH is 1. The van der Waals surface area contributed by atoms with Gasteiger partial charge in [0.25, 0.3) is 0 Å². The number of rotatable bonds is 13. The lowest BCUT2D eigenvalue weighted by molar-refractivity contribution is -0.151. The van der Waals surface area contributed by atoms with E-state index in [1.807, 2.05) is 20.8 Å². The minimum Gasteiger partial charge on any atom is -0.492 e. The van der Waals surface area contributed by atoms with Crippen LogP contribution < -0.4 is 10.4 Å². The van der Waals surface area contributed by atoms with Crippen molar-refractivity contribution in [2.45, 2.75) is 91.5 Å². The van der Waals surface area contributed by atoms with Crippen LogP contribution in [-0.2, 0) is 19.1 Å². The van der Waals surface area contributed by atoms with Crippen molar-refractivity contribution in [3.05, 3.63) is 46.6 Å². The molecule has 6 atom stereocenters. The van der Waals surface area contributed by atoms with E-state index in [1.54, 1.807) is 30.6 Å². The van der Waals surface area contributed by atoms with E-state index in [1.165, 1.54) is 6.92 Å². The second kappa shape index (κ2) is 14.3. The first kappa shape index (κ1) is 30.3. The molecular weight excluding hydrogens is 502 g/mol. The Morgan fingerprint density at radius 3 is 2.67 bits per heavy atom. The van der Waals surface area contributed by atoms with Gasteiger partial charge in [-0.2, -0.15) is 0 Å². The third kappa shape index (κ3) is 8.39. The molecule has 39 heavy (non-hydrogen) atoms. The van der Waals surface area contributed by atoms with Gasteiger partial charge in [0.05, 0.1) is 18.8 Å². The third-order valence-corrected chi connectivity index (χ3v) is 7.45. The fourth-order valence-corrected chi connectivity index (χ4v) is 5.15. The molecule has 2 aromatic heterocycles. The summed E-state index contributed by atoms with van der Waals surface area (Å²) in [4.78, 5) is 40.5. The second-order valence-corrected chi connectivity index (χ2v) is 10.6. The van der Waals surface area contributed by atoms with Crippen molar-refractivity contribution in [1.82, 2.24) is 4.98 Å². The predicted octanol–water partition coefficient (Wildman–Crippen LogP) is 5.24. The molecule has 2 unspecified atom stereocenters. The molecule has 0 aliphatic carbocycles. The van der Waals surface area contributed by atoms with E-state index >= 15 is 0 Å². The van der Waals surface area contributed by atoms with Crippen LogP contribution in [0.3, 0.4) is 0 Å². The highest BCUT2D eigenvalue weighted by molar-refractivity contribution is 5.69. The molecule has 0 bridgehead atoms. The third-order valence-electron chi connectivity index (χ3n) is 7.45. The first-order chi connectivity index (χ1) is 18.6. The summed E-state index contributed by atoms with van der Waals surface area (Å²) >= 11 is 0. The summed E-state index contributed by atoms with van der Waals surface area (Å²) in [7, 11) is 0. The van der Waals surface area contributed by atoms with E-state index < -0.39 is 11.7 Å². The zero-order valence-electron chi connectivity index (χ0n) is 23.6. The zero-order chi connectivity index (χ0) is 28.5. The first-order valence-electron chi connectivity index (χ1n) is 13.9. The number of pyridine rings is 1. The van der Waals surface area contributed by atoms with Crippen molar-refractivity contribution >= 4 is 11.9 Å². The lowest BCUT2D eigenvalue weighted by Gasteiger charge is -2.32. The molecule has 0 saturated heterocycles. The van der Waals surface area contributed by atoms with E-state index in [0.29, 0.717) is 49.2 Å². The van der Waals surface area contributed by atoms with Crippen molar-refractivity contribution in [2.24, 2.45) is 17.8 Å². The Labute approximate surface area is 229 Å². The van der Waals surface area contributed by atoms with Gasteiger partial charge in [-0.25, -0.2) is 4.79 Å². The fraction of sp³-hybridized carbons (Fsp3) is 0.600. The topological polar surface area (TPSA) is 125 Å². The minimum atomic E-state index is -1.02. The van der Waals surface area contributed by atoms with Crippen LogP contribution in [0.5, 0.6) is 5.75 Å². The Kier molecular flexibility index (Phi) is 11.1. The lowest BCUT2D eigenvalue weighted by atomic mass is 9.83. The number of aliphatic hydroxyl groups is 1. The van der Waals surface area contributed by atoms with Gasteiger partial charge in [0, 0.05) is 43.3 Å². The number of ether oxygens (including phenoxy) is 3. The van der Waals surface area contributed by atoms with Gasteiger partial charge >= 0.3 is 17.6 Å². The number of hydrogen-bond donors (Lipinski definition) is 1. The van der Waals surface area contributed by atoms with Gasteiger partial charge in [-0.05, 0) is 63.0 Å². The van der Waals surface area contributed by atoms with Crippen molar-refractivity contribution < 1.29 is 33.3 Å². The van der Waals surface area contributed by atoms with Crippen LogP contribution in [0.4, 0.5) is 0 Å². The van der Waals surface area contributed by atoms with Crippen LogP contribution in [-0.4, -0.2) is 40.8 Å². The molecule has 0 spiro atoms. The molecule has 9 nitrogen and oxygen atoms in total. The summed E-state index contributed by atoms with van der Waals surface area (Å²) < 4.78 is 22.5. The number of carbonyl (C=O) groups is 2. The largest absolute Gasteiger partial charge is 0.492 e. The summed E-state index contributed by atoms with van der Waals surface area (Å²) in [6.07, 6.45) is 5.31. The summed E-state index contributed by atoms with van der Waals surface area (Å²) in [5, 5.41) is 11.0. The number of esters is 2. The zero-order valence-corrected chi connectivity index (χ0v) is 23.6. The van der Waals surface area contributed by atoms with E-state index in [-0.39, 0.29) is 54.1 Å². The molecule has 0 aromatic carbocycles. The Morgan fingerprint density at radius 1 is 1.23 bits per heavy atom. The number of fused-ring (bicyclic) bond motifs is 1. The molecule has 3 rings (SSSR count). The van der Waals surface area contributed by atoms with Crippen LogP contribution in [0, 0.1) is 17.8 Å². The molecule has 1 aliphatic heterocycles. The average molecular weight is 544 g/mol.